The van der Waals surface area contributed by atoms with E-state index in [0.29, 0.717) is 5.69 Å². The van der Waals surface area contributed by atoms with E-state index >= 15 is 0 Å². The largest absolute Gasteiger partial charge is 0.399 e. The first kappa shape index (κ1) is 14.9. The molecule has 20 heavy (non-hydrogen) atoms. The third-order valence-electron chi connectivity index (χ3n) is 4.31. The average Bonchev–Trinajstić information content (AvgIpc) is 2.47. The van der Waals surface area contributed by atoms with Crippen LogP contribution in [0.4, 0.5) is 5.69 Å². The van der Waals surface area contributed by atoms with Gasteiger partial charge in [0.15, 0.2) is 0 Å². The third-order valence-corrected chi connectivity index (χ3v) is 4.31. The van der Waals surface area contributed by atoms with E-state index in [1.54, 1.807) is 0 Å². The van der Waals surface area contributed by atoms with Crippen LogP contribution in [0.1, 0.15) is 50.5 Å². The van der Waals surface area contributed by atoms with E-state index in [-0.39, 0.29) is 18.4 Å². The molecule has 1 amide bonds. The Morgan fingerprint density at radius 2 is 2.10 bits per heavy atom. The summed E-state index contributed by atoms with van der Waals surface area (Å²) in [6, 6.07) is 7.41. The van der Waals surface area contributed by atoms with E-state index in [1.165, 1.54) is 6.42 Å². The molecule has 1 saturated carbocycles. The van der Waals surface area contributed by atoms with Gasteiger partial charge in [-0.15, -0.1) is 0 Å². The lowest BCUT2D eigenvalue weighted by atomic mass is 9.81. The number of hydrogen-bond acceptors (Lipinski definition) is 3. The summed E-state index contributed by atoms with van der Waals surface area (Å²) < 4.78 is 0. The van der Waals surface area contributed by atoms with Crippen LogP contribution >= 0.6 is 0 Å². The van der Waals surface area contributed by atoms with Crippen LogP contribution < -0.4 is 11.1 Å². The molecule has 1 atom stereocenters. The van der Waals surface area contributed by atoms with Crippen molar-refractivity contribution in [2.45, 2.75) is 50.5 Å². The molecule has 4 nitrogen and oxygen atoms in total. The van der Waals surface area contributed by atoms with Crippen molar-refractivity contribution in [3.63, 3.8) is 0 Å². The van der Waals surface area contributed by atoms with E-state index in [9.17, 15) is 9.90 Å². The Labute approximate surface area is 120 Å². The second-order valence-electron chi connectivity index (χ2n) is 5.88. The van der Waals surface area contributed by atoms with Gasteiger partial charge >= 0.3 is 0 Å². The summed E-state index contributed by atoms with van der Waals surface area (Å²) in [5.74, 6) is -0.296. The molecule has 0 heterocycles. The van der Waals surface area contributed by atoms with Crippen LogP contribution in [0.3, 0.4) is 0 Å². The molecule has 1 fully saturated rings. The van der Waals surface area contributed by atoms with Crippen LogP contribution in [0.5, 0.6) is 0 Å². The minimum absolute atomic E-state index is 0.0163. The zero-order chi connectivity index (χ0) is 14.6. The molecule has 0 aromatic heterocycles. The highest BCUT2D eigenvalue weighted by Crippen LogP contribution is 2.29. The monoisotopic (exact) mass is 276 g/mol. The third kappa shape index (κ3) is 3.31. The summed E-state index contributed by atoms with van der Waals surface area (Å²) in [5, 5.41) is 12.7. The molecule has 110 valence electrons. The highest BCUT2D eigenvalue weighted by Gasteiger charge is 2.34. The molecule has 4 heteroatoms. The zero-order valence-corrected chi connectivity index (χ0v) is 12.1. The van der Waals surface area contributed by atoms with Crippen LogP contribution in [0, 0.1) is 0 Å². The van der Waals surface area contributed by atoms with Crippen molar-refractivity contribution in [2.24, 2.45) is 0 Å². The van der Waals surface area contributed by atoms with Gasteiger partial charge in [0.1, 0.15) is 0 Å². The molecule has 2 rings (SSSR count). The van der Waals surface area contributed by atoms with Gasteiger partial charge in [-0.05, 0) is 37.5 Å². The summed E-state index contributed by atoms with van der Waals surface area (Å²) in [6.07, 6.45) is 5.03. The minimum Gasteiger partial charge on any atom is -0.399 e. The van der Waals surface area contributed by atoms with E-state index in [4.69, 9.17) is 5.73 Å². The van der Waals surface area contributed by atoms with Crippen molar-refractivity contribution in [3.8, 4) is 0 Å². The number of hydrogen-bond donors (Lipinski definition) is 3. The number of anilines is 1. The number of amides is 1. The number of aliphatic hydroxyl groups is 1. The van der Waals surface area contributed by atoms with Gasteiger partial charge in [0.2, 0.25) is 5.91 Å². The van der Waals surface area contributed by atoms with Crippen LogP contribution in [0.15, 0.2) is 24.3 Å². The first-order chi connectivity index (χ1) is 9.56. The topological polar surface area (TPSA) is 75.3 Å². The van der Waals surface area contributed by atoms with Crippen molar-refractivity contribution in [2.75, 3.05) is 12.3 Å². The molecule has 4 N–H and O–H groups in total. The normalized spacial score (nSPS) is 19.3. The molecule has 0 bridgehead atoms. The summed E-state index contributed by atoms with van der Waals surface area (Å²) in [5.41, 5.74) is 6.91. The molecule has 1 aliphatic carbocycles. The molecule has 1 aromatic carbocycles. The minimum atomic E-state index is -0.427. The fourth-order valence-electron chi connectivity index (χ4n) is 2.90. The number of nitrogens with one attached hydrogen (secondary N) is 1. The second-order valence-corrected chi connectivity index (χ2v) is 5.88. The number of aliphatic hydroxyl groups excluding tert-OH is 1. The van der Waals surface area contributed by atoms with Crippen molar-refractivity contribution in [1.82, 2.24) is 5.32 Å². The molecular formula is C16H24N2O2. The van der Waals surface area contributed by atoms with Gasteiger partial charge in [0.05, 0.1) is 18.1 Å². The molecule has 0 saturated heterocycles. The Morgan fingerprint density at radius 3 is 2.70 bits per heavy atom. The van der Waals surface area contributed by atoms with E-state index in [1.807, 2.05) is 31.2 Å². The summed E-state index contributed by atoms with van der Waals surface area (Å²) in [7, 11) is 0. The fraction of sp³-hybridized carbons (Fsp3) is 0.562. The van der Waals surface area contributed by atoms with E-state index < -0.39 is 5.54 Å². The van der Waals surface area contributed by atoms with Gasteiger partial charge in [-0.1, -0.05) is 31.4 Å². The van der Waals surface area contributed by atoms with Crippen LogP contribution in [0.2, 0.25) is 0 Å². The highest BCUT2D eigenvalue weighted by atomic mass is 16.3. The Kier molecular flexibility index (Phi) is 4.65. The van der Waals surface area contributed by atoms with Crippen molar-refractivity contribution < 1.29 is 9.90 Å². The number of benzene rings is 1. The maximum atomic E-state index is 12.4. The quantitative estimate of drug-likeness (QED) is 0.738. The lowest BCUT2D eigenvalue weighted by molar-refractivity contribution is -0.125. The standard InChI is InChI=1S/C16H24N2O2/c1-12(13-6-5-7-14(17)10-13)15(20)18-16(11-19)8-3-2-4-9-16/h5-7,10,12,19H,2-4,8-9,11,17H2,1H3,(H,18,20). The molecule has 1 aromatic rings. The molecule has 1 unspecified atom stereocenters. The first-order valence-corrected chi connectivity index (χ1v) is 7.35. The number of carbonyl (C=O) groups excluding carboxylic acids is 1. The van der Waals surface area contributed by atoms with Gasteiger partial charge in [-0.25, -0.2) is 0 Å². The van der Waals surface area contributed by atoms with E-state index in [2.05, 4.69) is 5.32 Å². The second kappa shape index (κ2) is 6.27. The molecule has 0 spiro atoms. The van der Waals surface area contributed by atoms with Gasteiger partial charge in [-0.2, -0.15) is 0 Å². The van der Waals surface area contributed by atoms with Crippen LogP contribution in [-0.4, -0.2) is 23.2 Å². The lowest BCUT2D eigenvalue weighted by Crippen LogP contribution is -2.53. The lowest BCUT2D eigenvalue weighted by Gasteiger charge is -2.37. The average molecular weight is 276 g/mol. The molecule has 0 radical (unpaired) electrons. The number of nitrogen functional groups attached to an aromatic ring is 1. The molecular weight excluding hydrogens is 252 g/mol. The van der Waals surface area contributed by atoms with Gasteiger partial charge < -0.3 is 16.2 Å². The number of nitrogens with two attached hydrogens (primary N) is 1. The predicted octanol–water partition coefficient (Wildman–Crippen LogP) is 2.18. The van der Waals surface area contributed by atoms with Crippen LogP contribution in [-0.2, 0) is 4.79 Å². The molecule has 0 aliphatic heterocycles. The maximum absolute atomic E-state index is 12.4. The predicted molar refractivity (Wildman–Crippen MR) is 80.3 cm³/mol. The van der Waals surface area contributed by atoms with Gasteiger partial charge in [0.25, 0.3) is 0 Å². The zero-order valence-electron chi connectivity index (χ0n) is 12.1. The van der Waals surface area contributed by atoms with Gasteiger partial charge in [0, 0.05) is 5.69 Å². The highest BCUT2D eigenvalue weighted by molar-refractivity contribution is 5.84. The van der Waals surface area contributed by atoms with Crippen molar-refractivity contribution in [1.29, 1.82) is 0 Å². The number of rotatable bonds is 4. The Hall–Kier alpha value is -1.55. The Balaban J connectivity index is 2.06. The fourth-order valence-corrected chi connectivity index (χ4v) is 2.90. The Bertz CT molecular complexity index is 467. The SMILES string of the molecule is CC(C(=O)NC1(CO)CCCCC1)c1cccc(N)c1. The smallest absolute Gasteiger partial charge is 0.227 e. The van der Waals surface area contributed by atoms with Crippen LogP contribution in [0.25, 0.3) is 0 Å². The summed E-state index contributed by atoms with van der Waals surface area (Å²) in [6.45, 7) is 1.89. The maximum Gasteiger partial charge on any atom is 0.227 e. The van der Waals surface area contributed by atoms with Crippen molar-refractivity contribution >= 4 is 11.6 Å². The van der Waals surface area contributed by atoms with E-state index in [0.717, 1.165) is 31.2 Å². The summed E-state index contributed by atoms with van der Waals surface area (Å²) >= 11 is 0. The Morgan fingerprint density at radius 1 is 1.40 bits per heavy atom. The first-order valence-electron chi connectivity index (χ1n) is 7.35. The van der Waals surface area contributed by atoms with Gasteiger partial charge in [-0.3, -0.25) is 4.79 Å². The number of carbonyl (C=O) groups is 1. The summed E-state index contributed by atoms with van der Waals surface area (Å²) in [4.78, 5) is 12.4. The van der Waals surface area contributed by atoms with Crippen molar-refractivity contribution in [3.05, 3.63) is 29.8 Å². The molecule has 1 aliphatic rings.